The minimum Gasteiger partial charge on any atom is 3.00 e. The Labute approximate surface area is 167 Å². The second-order valence-electron chi connectivity index (χ2n) is 0. The fourth-order valence-electron chi connectivity index (χ4n) is 0. The van der Waals surface area contributed by atoms with Gasteiger partial charge in [0.1, 0.15) is 0 Å². The van der Waals surface area contributed by atoms with Gasteiger partial charge in [-0.1, -0.05) is 0 Å². The monoisotopic (exact) mass is 720 g/mol. The van der Waals surface area contributed by atoms with Gasteiger partial charge in [0.25, 0.3) is 0 Å². The summed E-state index contributed by atoms with van der Waals surface area (Å²) in [6.07, 6.45) is 0. The van der Waals surface area contributed by atoms with Gasteiger partial charge in [0.05, 0.1) is 0 Å². The molecule has 0 aliphatic heterocycles. The Bertz CT molecular complexity index is 10.1. The standard InChI is InChI=1S/3Mn.3Sb.Yb.18H/q3*+2;3*-3;+3;;;;;;;;;;;;;;;;;;. The van der Waals surface area contributed by atoms with E-state index in [4.69, 9.17) is 0 Å². The van der Waals surface area contributed by atoms with Crippen LogP contribution >= 0.6 is 0 Å². The Morgan fingerprint density at radius 2 is 0.429 bits per heavy atom. The van der Waals surface area contributed by atoms with E-state index in [0.717, 1.165) is 0 Å². The van der Waals surface area contributed by atoms with Gasteiger partial charge in [0.2, 0.25) is 0 Å². The molecule has 7 heavy (non-hydrogen) atoms. The van der Waals surface area contributed by atoms with Crippen molar-refractivity contribution in [1.29, 1.82) is 0 Å². The molecule has 0 saturated carbocycles. The van der Waals surface area contributed by atoms with E-state index in [1.165, 1.54) is 0 Å². The average Bonchev–Trinajstić information content (AvgIpc) is 0. The second kappa shape index (κ2) is 41.8. The molecule has 0 aromatic heterocycles. The third-order valence-electron chi connectivity index (χ3n) is 0. The first kappa shape index (κ1) is 54.5. The van der Waals surface area contributed by atoms with Crippen molar-refractivity contribution in [1.82, 2.24) is 0 Å². The Kier molecular flexibility index (Phi) is 325. The van der Waals surface area contributed by atoms with E-state index in [2.05, 4.69) is 0 Å². The molecule has 0 aromatic rings. The van der Waals surface area contributed by atoms with Crippen LogP contribution in [0, 0.1) is 46.9 Å². The van der Waals surface area contributed by atoms with Crippen molar-refractivity contribution in [2.45, 2.75) is 0 Å². The van der Waals surface area contributed by atoms with Crippen LogP contribution in [0.4, 0.5) is 0 Å². The zero-order valence-electron chi connectivity index (χ0n) is 1.40. The molecule has 0 spiro atoms. The smallest absolute Gasteiger partial charge is 3.00 e. The fraction of sp³-hybridized carbons (Fsp3) is 0. The molecular weight excluding hydrogens is 703 g/mol. The van der Waals surface area contributed by atoms with E-state index in [1.54, 1.807) is 0 Å². The van der Waals surface area contributed by atoms with Gasteiger partial charge in [-0.05, 0) is 0 Å². The van der Waals surface area contributed by atoms with Crippen LogP contribution in [0.15, 0.2) is 0 Å². The van der Waals surface area contributed by atoms with Gasteiger partial charge in [0.15, 0.2) is 0 Å². The molecule has 0 fully saturated rings. The van der Waals surface area contributed by atoms with Crippen LogP contribution in [0.2, 0.25) is 0 Å². The van der Waals surface area contributed by atoms with Gasteiger partial charge in [-0.25, -0.2) is 0 Å². The maximum atomic E-state index is 0. The van der Waals surface area contributed by atoms with Crippen molar-refractivity contribution < 1.29 is 98.1 Å². The van der Waals surface area contributed by atoms with Crippen LogP contribution in [-0.4, -0.2) is 73.3 Å². The first-order chi connectivity index (χ1) is 0. The molecule has 0 aromatic carbocycles. The summed E-state index contributed by atoms with van der Waals surface area (Å²) in [4.78, 5) is 0. The maximum absolute atomic E-state index is 0. The second-order valence-corrected chi connectivity index (χ2v) is 0. The summed E-state index contributed by atoms with van der Waals surface area (Å²) in [5, 5.41) is 0. The Balaban J connectivity index is 0. The summed E-state index contributed by atoms with van der Waals surface area (Å²) in [6.45, 7) is 0. The predicted molar refractivity (Wildman–Crippen MR) is 42.4 cm³/mol. The molecule has 0 N–H and O–H groups in total. The Morgan fingerprint density at radius 3 is 0.429 bits per heavy atom. The summed E-state index contributed by atoms with van der Waals surface area (Å²) in [5.74, 6) is 0. The molecule has 0 aliphatic rings. The molecule has 0 rings (SSSR count). The topological polar surface area (TPSA) is 0 Å². The SMILES string of the molecule is [Mn+2].[Mn+2].[Mn+2].[SbH6-3].[SbH6-3].[SbH6-3].[Yb+3]. The van der Waals surface area contributed by atoms with Crippen molar-refractivity contribution in [3.63, 3.8) is 0 Å². The zero-order valence-corrected chi connectivity index (χ0v) is 6.66. The fourth-order valence-corrected chi connectivity index (χ4v) is 0. The quantitative estimate of drug-likeness (QED) is 0.219. The van der Waals surface area contributed by atoms with Crippen LogP contribution in [0.5, 0.6) is 0 Å². The van der Waals surface area contributed by atoms with Crippen LogP contribution < -0.4 is 0 Å². The molecule has 0 aliphatic carbocycles. The van der Waals surface area contributed by atoms with Gasteiger partial charge in [-0.3, -0.25) is 0 Å². The number of rotatable bonds is 0. The predicted octanol–water partition coefficient (Wildman–Crippen LogP) is -5.97. The molecule has 0 nitrogen and oxygen atoms in total. The first-order valence-corrected chi connectivity index (χ1v) is 0. The summed E-state index contributed by atoms with van der Waals surface area (Å²) < 4.78 is 0. The Morgan fingerprint density at radius 1 is 0.429 bits per heavy atom. The summed E-state index contributed by atoms with van der Waals surface area (Å²) in [7, 11) is 0. The van der Waals surface area contributed by atoms with E-state index in [0.29, 0.717) is 0 Å². The van der Waals surface area contributed by atoms with Gasteiger partial charge < -0.3 is 0 Å². The first-order valence-electron chi connectivity index (χ1n) is 0. The Hall–Kier alpha value is 5.53. The van der Waals surface area contributed by atoms with Crippen LogP contribution in [-0.2, 0) is 51.2 Å². The van der Waals surface area contributed by atoms with Gasteiger partial charge in [0, 0.05) is 0 Å². The molecule has 0 amide bonds. The largest absolute Gasteiger partial charge is 3.00 e. The number of hydrogen-bond acceptors (Lipinski definition) is 0. The van der Waals surface area contributed by atoms with Gasteiger partial charge in [-0.2, -0.15) is 0 Å². The third-order valence-corrected chi connectivity index (χ3v) is 0. The molecule has 0 saturated heterocycles. The molecule has 0 unspecified atom stereocenters. The summed E-state index contributed by atoms with van der Waals surface area (Å²) >= 11 is 0. The minimum atomic E-state index is 0. The van der Waals surface area contributed by atoms with Crippen LogP contribution in [0.1, 0.15) is 0 Å². The summed E-state index contributed by atoms with van der Waals surface area (Å²) in [5.41, 5.74) is 0. The van der Waals surface area contributed by atoms with Crippen LogP contribution in [0.3, 0.4) is 0 Å². The molecule has 68 valence electrons. The molecule has 7 heteroatoms. The van der Waals surface area contributed by atoms with Crippen LogP contribution in [0.25, 0.3) is 0 Å². The van der Waals surface area contributed by atoms with Gasteiger partial charge in [-0.15, -0.1) is 0 Å². The third kappa shape index (κ3) is 34.2. The molecule has 0 bridgehead atoms. The maximum Gasteiger partial charge on any atom is 3.00 e. The van der Waals surface area contributed by atoms with Gasteiger partial charge >= 0.3 is 171 Å². The normalized spacial score (nSPS) is 0. The van der Waals surface area contributed by atoms with E-state index in [9.17, 15) is 0 Å². The molecule has 0 atom stereocenters. The number of hydrogen-bond donors (Lipinski definition) is 0. The molecule has 4 radical (unpaired) electrons. The van der Waals surface area contributed by atoms with Crippen molar-refractivity contribution in [2.24, 2.45) is 0 Å². The molecular formula is H18Mn3Sb3Yb. The molecule has 0 heterocycles. The zero-order chi connectivity index (χ0) is 0. The van der Waals surface area contributed by atoms with Crippen molar-refractivity contribution in [3.8, 4) is 0 Å². The summed E-state index contributed by atoms with van der Waals surface area (Å²) in [6, 6.07) is 0. The van der Waals surface area contributed by atoms with E-state index >= 15 is 0 Å². The minimum absolute atomic E-state index is 0. The van der Waals surface area contributed by atoms with Crippen molar-refractivity contribution in [2.75, 3.05) is 0 Å². The van der Waals surface area contributed by atoms with E-state index < -0.39 is 0 Å². The average molecular weight is 721 g/mol. The van der Waals surface area contributed by atoms with Crippen molar-refractivity contribution >= 4 is 73.3 Å². The van der Waals surface area contributed by atoms with Crippen molar-refractivity contribution in [3.05, 3.63) is 0 Å². The van der Waals surface area contributed by atoms with E-state index in [1.807, 2.05) is 0 Å². The van der Waals surface area contributed by atoms with E-state index in [-0.39, 0.29) is 171 Å².